The van der Waals surface area contributed by atoms with Gasteiger partial charge in [-0.25, -0.2) is 4.79 Å². The zero-order chi connectivity index (χ0) is 18.8. The molecule has 0 aliphatic rings. The number of carbonyl (C=O) groups excluding carboxylic acids is 1. The lowest BCUT2D eigenvalue weighted by molar-refractivity contribution is 0.0602. The Bertz CT molecular complexity index is 807. The Balaban J connectivity index is 2.20. The number of hydrogen-bond acceptors (Lipinski definition) is 5. The van der Waals surface area contributed by atoms with Gasteiger partial charge < -0.3 is 20.5 Å². The molecule has 134 valence electrons. The van der Waals surface area contributed by atoms with Crippen molar-refractivity contribution < 1.29 is 14.6 Å². The number of rotatable bonds is 3. The van der Waals surface area contributed by atoms with E-state index in [1.165, 1.54) is 18.4 Å². The topological polar surface area (TPSA) is 70.6 Å². The number of hydrogen-bond donors (Lipinski definition) is 3. The average molecular weight is 379 g/mol. The van der Waals surface area contributed by atoms with Crippen molar-refractivity contribution in [1.29, 1.82) is 0 Å². The summed E-state index contributed by atoms with van der Waals surface area (Å²) >= 11 is 6.73. The predicted molar refractivity (Wildman–Crippen MR) is 107 cm³/mol. The highest BCUT2D eigenvalue weighted by atomic mass is 32.1. The van der Waals surface area contributed by atoms with Gasteiger partial charge in [-0.05, 0) is 48.3 Å². The molecule has 0 aliphatic carbocycles. The standard InChI is InChI=1S/C18H22N2O3S2/c1-10-8-12(16(22)23-5)15(25-10)20-17(24)19-13-9-11(18(2,3)4)6-7-14(13)21/h6-9,21H,1-5H3,(H2,19,20,24). The van der Waals surface area contributed by atoms with Crippen molar-refractivity contribution in [1.82, 2.24) is 0 Å². The molecule has 0 saturated carbocycles. The van der Waals surface area contributed by atoms with Gasteiger partial charge in [0.1, 0.15) is 10.8 Å². The van der Waals surface area contributed by atoms with Crippen LogP contribution in [0.2, 0.25) is 0 Å². The highest BCUT2D eigenvalue weighted by Gasteiger charge is 2.18. The number of phenols is 1. The minimum Gasteiger partial charge on any atom is -0.506 e. The lowest BCUT2D eigenvalue weighted by atomic mass is 9.87. The molecular weight excluding hydrogens is 356 g/mol. The van der Waals surface area contributed by atoms with E-state index in [4.69, 9.17) is 17.0 Å². The van der Waals surface area contributed by atoms with E-state index in [2.05, 4.69) is 31.4 Å². The number of phenolic OH excluding ortho intramolecular Hbond substituents is 1. The van der Waals surface area contributed by atoms with E-state index in [0.29, 0.717) is 16.3 Å². The molecule has 0 unspecified atom stereocenters. The van der Waals surface area contributed by atoms with Crippen LogP contribution in [0.4, 0.5) is 10.7 Å². The minimum atomic E-state index is -0.424. The first-order valence-corrected chi connectivity index (χ1v) is 8.94. The number of aromatic hydroxyl groups is 1. The second-order valence-electron chi connectivity index (χ2n) is 6.65. The van der Waals surface area contributed by atoms with Gasteiger partial charge in [-0.2, -0.15) is 0 Å². The van der Waals surface area contributed by atoms with Crippen molar-refractivity contribution in [3.8, 4) is 5.75 Å². The zero-order valence-electron chi connectivity index (χ0n) is 14.9. The molecule has 0 atom stereocenters. The summed E-state index contributed by atoms with van der Waals surface area (Å²) in [5.41, 5.74) is 1.96. The first-order chi connectivity index (χ1) is 11.6. The average Bonchev–Trinajstić information content (AvgIpc) is 2.88. The van der Waals surface area contributed by atoms with E-state index in [1.54, 1.807) is 12.1 Å². The van der Waals surface area contributed by atoms with Gasteiger partial charge >= 0.3 is 5.97 Å². The molecular formula is C18H22N2O3S2. The molecule has 1 heterocycles. The van der Waals surface area contributed by atoms with Crippen LogP contribution in [0.25, 0.3) is 0 Å². The SMILES string of the molecule is COC(=O)c1cc(C)sc1NC(=S)Nc1cc(C(C)(C)C)ccc1O. The van der Waals surface area contributed by atoms with E-state index in [1.807, 2.05) is 19.1 Å². The summed E-state index contributed by atoms with van der Waals surface area (Å²) in [7, 11) is 1.34. The molecule has 0 saturated heterocycles. The number of anilines is 2. The van der Waals surface area contributed by atoms with Gasteiger partial charge in [0.25, 0.3) is 0 Å². The molecule has 0 bridgehead atoms. The number of aryl methyl sites for hydroxylation is 1. The smallest absolute Gasteiger partial charge is 0.340 e. The molecule has 25 heavy (non-hydrogen) atoms. The summed E-state index contributed by atoms with van der Waals surface area (Å²) < 4.78 is 4.79. The molecule has 2 rings (SSSR count). The molecule has 7 heteroatoms. The van der Waals surface area contributed by atoms with Crippen LogP contribution in [0.5, 0.6) is 5.75 Å². The lowest BCUT2D eigenvalue weighted by Gasteiger charge is -2.21. The van der Waals surface area contributed by atoms with Gasteiger partial charge in [-0.15, -0.1) is 11.3 Å². The third-order valence-corrected chi connectivity index (χ3v) is 4.77. The molecule has 2 aromatic rings. The monoisotopic (exact) mass is 378 g/mol. The van der Waals surface area contributed by atoms with E-state index in [0.717, 1.165) is 10.4 Å². The fourth-order valence-electron chi connectivity index (χ4n) is 2.23. The molecule has 3 N–H and O–H groups in total. The second kappa shape index (κ2) is 7.41. The van der Waals surface area contributed by atoms with Crippen LogP contribution in [-0.4, -0.2) is 23.3 Å². The summed E-state index contributed by atoms with van der Waals surface area (Å²) in [6, 6.07) is 7.14. The Morgan fingerprint density at radius 2 is 1.92 bits per heavy atom. The molecule has 0 fully saturated rings. The number of ether oxygens (including phenoxy) is 1. The third kappa shape index (κ3) is 4.70. The van der Waals surface area contributed by atoms with Crippen molar-refractivity contribution in [3.63, 3.8) is 0 Å². The number of thiocarbonyl (C=S) groups is 1. The van der Waals surface area contributed by atoms with Crippen molar-refractivity contribution in [2.24, 2.45) is 0 Å². The summed E-state index contributed by atoms with van der Waals surface area (Å²) in [5.74, 6) is -0.320. The van der Waals surface area contributed by atoms with Crippen molar-refractivity contribution in [3.05, 3.63) is 40.3 Å². The van der Waals surface area contributed by atoms with Gasteiger partial charge in [-0.1, -0.05) is 26.8 Å². The van der Waals surface area contributed by atoms with E-state index >= 15 is 0 Å². The van der Waals surface area contributed by atoms with Gasteiger partial charge in [0, 0.05) is 4.88 Å². The number of carbonyl (C=O) groups is 1. The van der Waals surface area contributed by atoms with Gasteiger partial charge in [0.15, 0.2) is 5.11 Å². The Labute approximate surface area is 157 Å². The third-order valence-electron chi connectivity index (χ3n) is 3.60. The van der Waals surface area contributed by atoms with Crippen LogP contribution in [0.3, 0.4) is 0 Å². The molecule has 0 radical (unpaired) electrons. The van der Waals surface area contributed by atoms with Crippen LogP contribution < -0.4 is 10.6 Å². The Hall–Kier alpha value is -2.12. The molecule has 1 aromatic carbocycles. The molecule has 0 spiro atoms. The number of thiophene rings is 1. The van der Waals surface area contributed by atoms with Gasteiger partial charge in [-0.3, -0.25) is 0 Å². The lowest BCUT2D eigenvalue weighted by Crippen LogP contribution is -2.20. The van der Waals surface area contributed by atoms with E-state index < -0.39 is 5.97 Å². The van der Waals surface area contributed by atoms with Crippen molar-refractivity contribution in [2.45, 2.75) is 33.1 Å². The summed E-state index contributed by atoms with van der Waals surface area (Å²) in [6.07, 6.45) is 0. The van der Waals surface area contributed by atoms with Crippen molar-refractivity contribution in [2.75, 3.05) is 17.7 Å². The fourth-order valence-corrected chi connectivity index (χ4v) is 3.41. The number of methoxy groups -OCH3 is 1. The van der Waals surface area contributed by atoms with Crippen LogP contribution in [-0.2, 0) is 10.2 Å². The van der Waals surface area contributed by atoms with Crippen LogP contribution in [0.1, 0.15) is 41.6 Å². The predicted octanol–water partition coefficient (Wildman–Crippen LogP) is 4.66. The van der Waals surface area contributed by atoms with Crippen molar-refractivity contribution >= 4 is 45.3 Å². The first-order valence-electron chi connectivity index (χ1n) is 7.72. The molecule has 0 amide bonds. The maximum atomic E-state index is 11.8. The van der Waals surface area contributed by atoms with E-state index in [-0.39, 0.29) is 16.3 Å². The zero-order valence-corrected chi connectivity index (χ0v) is 16.5. The van der Waals surface area contributed by atoms with E-state index in [9.17, 15) is 9.90 Å². The highest BCUT2D eigenvalue weighted by molar-refractivity contribution is 7.80. The van der Waals surface area contributed by atoms with Gasteiger partial charge in [0.2, 0.25) is 0 Å². The Kier molecular flexibility index (Phi) is 5.69. The second-order valence-corrected chi connectivity index (χ2v) is 8.32. The van der Waals surface area contributed by atoms with Gasteiger partial charge in [0.05, 0.1) is 18.4 Å². The maximum absolute atomic E-state index is 11.8. The maximum Gasteiger partial charge on any atom is 0.340 e. The quantitative estimate of drug-likeness (QED) is 0.410. The highest BCUT2D eigenvalue weighted by Crippen LogP contribution is 2.32. The number of esters is 1. The first kappa shape index (κ1) is 19.2. The summed E-state index contributed by atoms with van der Waals surface area (Å²) in [4.78, 5) is 12.8. The summed E-state index contributed by atoms with van der Waals surface area (Å²) in [5, 5.41) is 17.0. The van der Waals surface area contributed by atoms with Crippen LogP contribution in [0, 0.1) is 6.92 Å². The Morgan fingerprint density at radius 3 is 2.52 bits per heavy atom. The molecule has 1 aromatic heterocycles. The largest absolute Gasteiger partial charge is 0.506 e. The molecule has 5 nitrogen and oxygen atoms in total. The minimum absolute atomic E-state index is 0.0535. The molecule has 0 aliphatic heterocycles. The number of benzene rings is 1. The number of nitrogens with one attached hydrogen (secondary N) is 2. The van der Waals surface area contributed by atoms with Crippen LogP contribution in [0.15, 0.2) is 24.3 Å². The fraction of sp³-hybridized carbons (Fsp3) is 0.333. The Morgan fingerprint density at radius 1 is 1.24 bits per heavy atom. The normalized spacial score (nSPS) is 11.1. The summed E-state index contributed by atoms with van der Waals surface area (Å²) in [6.45, 7) is 8.18. The van der Waals surface area contributed by atoms with Crippen LogP contribution >= 0.6 is 23.6 Å².